The van der Waals surface area contributed by atoms with Crippen LogP contribution in [0.4, 0.5) is 0 Å². The monoisotopic (exact) mass is 362 g/mol. The molecular formula is C18H23ClN4O2. The van der Waals surface area contributed by atoms with Gasteiger partial charge in [0, 0.05) is 24.7 Å². The van der Waals surface area contributed by atoms with Crippen molar-refractivity contribution >= 4 is 17.5 Å². The first-order valence-corrected chi connectivity index (χ1v) is 9.08. The van der Waals surface area contributed by atoms with Gasteiger partial charge in [-0.05, 0) is 49.3 Å². The fourth-order valence-corrected chi connectivity index (χ4v) is 3.54. The molecule has 25 heavy (non-hydrogen) atoms. The van der Waals surface area contributed by atoms with E-state index in [1.54, 1.807) is 10.9 Å². The lowest BCUT2D eigenvalue weighted by Crippen LogP contribution is -2.40. The van der Waals surface area contributed by atoms with E-state index in [2.05, 4.69) is 10.3 Å². The standard InChI is InChI=1S/C18H23ClN4O2/c19-16-7-1-4-15(10-16)12-23-13-17(20-21-23)18(25)22-8-2-5-14(11-22)6-3-9-24/h1,4,7,10,13-14,24H,2-3,5-6,8-9,11-12H2/t14-/m0/s1. The van der Waals surface area contributed by atoms with Crippen molar-refractivity contribution in [2.45, 2.75) is 32.2 Å². The number of carbonyl (C=O) groups is 1. The molecule has 7 heteroatoms. The van der Waals surface area contributed by atoms with Crippen molar-refractivity contribution in [1.82, 2.24) is 19.9 Å². The minimum absolute atomic E-state index is 0.0638. The number of benzene rings is 1. The number of aliphatic hydroxyl groups excluding tert-OH is 1. The largest absolute Gasteiger partial charge is 0.396 e. The second-order valence-electron chi connectivity index (χ2n) is 6.56. The molecule has 1 aromatic heterocycles. The van der Waals surface area contributed by atoms with Crippen LogP contribution >= 0.6 is 11.6 Å². The number of amides is 1. The summed E-state index contributed by atoms with van der Waals surface area (Å²) in [5.41, 5.74) is 1.39. The number of hydrogen-bond donors (Lipinski definition) is 1. The second kappa shape index (κ2) is 8.45. The number of likely N-dealkylation sites (tertiary alicyclic amines) is 1. The van der Waals surface area contributed by atoms with Gasteiger partial charge in [0.25, 0.3) is 5.91 Å². The number of halogens is 1. The molecule has 134 valence electrons. The van der Waals surface area contributed by atoms with Crippen LogP contribution in [0.5, 0.6) is 0 Å². The van der Waals surface area contributed by atoms with Gasteiger partial charge in [0.05, 0.1) is 12.7 Å². The third-order valence-electron chi connectivity index (χ3n) is 4.57. The number of nitrogens with zero attached hydrogens (tertiary/aromatic N) is 4. The summed E-state index contributed by atoms with van der Waals surface area (Å²) in [6.07, 6.45) is 5.56. The lowest BCUT2D eigenvalue weighted by Gasteiger charge is -2.32. The Morgan fingerprint density at radius 1 is 1.40 bits per heavy atom. The molecule has 0 spiro atoms. The molecule has 6 nitrogen and oxygen atoms in total. The fourth-order valence-electron chi connectivity index (χ4n) is 3.32. The Hall–Kier alpha value is -1.92. The highest BCUT2D eigenvalue weighted by molar-refractivity contribution is 6.30. The van der Waals surface area contributed by atoms with Crippen molar-refractivity contribution in [3.8, 4) is 0 Å². The Bertz CT molecular complexity index is 719. The summed E-state index contributed by atoms with van der Waals surface area (Å²) in [4.78, 5) is 14.5. The Kier molecular flexibility index (Phi) is 6.04. The van der Waals surface area contributed by atoms with E-state index in [1.165, 1.54) is 0 Å². The van der Waals surface area contributed by atoms with Gasteiger partial charge >= 0.3 is 0 Å². The van der Waals surface area contributed by atoms with E-state index in [9.17, 15) is 4.79 Å². The fraction of sp³-hybridized carbons (Fsp3) is 0.500. The molecule has 0 radical (unpaired) electrons. The van der Waals surface area contributed by atoms with E-state index in [0.717, 1.165) is 44.3 Å². The number of rotatable bonds is 6. The first-order valence-electron chi connectivity index (χ1n) is 8.70. The Morgan fingerprint density at radius 3 is 3.08 bits per heavy atom. The molecule has 0 aliphatic carbocycles. The predicted molar refractivity (Wildman–Crippen MR) is 95.5 cm³/mol. The van der Waals surface area contributed by atoms with Crippen LogP contribution in [0.2, 0.25) is 5.02 Å². The van der Waals surface area contributed by atoms with Crippen LogP contribution in [0.25, 0.3) is 0 Å². The van der Waals surface area contributed by atoms with Crippen LogP contribution in [-0.4, -0.2) is 50.6 Å². The van der Waals surface area contributed by atoms with Gasteiger partial charge in [0.15, 0.2) is 5.69 Å². The van der Waals surface area contributed by atoms with Crippen LogP contribution < -0.4 is 0 Å². The molecule has 3 rings (SSSR count). The van der Waals surface area contributed by atoms with Crippen molar-refractivity contribution in [1.29, 1.82) is 0 Å². The number of hydrogen-bond acceptors (Lipinski definition) is 4. The van der Waals surface area contributed by atoms with Gasteiger partial charge in [-0.3, -0.25) is 4.79 Å². The molecule has 1 aliphatic heterocycles. The summed E-state index contributed by atoms with van der Waals surface area (Å²) in [5.74, 6) is 0.400. The zero-order chi connectivity index (χ0) is 17.6. The van der Waals surface area contributed by atoms with Gasteiger partial charge in [-0.2, -0.15) is 0 Å². The topological polar surface area (TPSA) is 71.2 Å². The van der Waals surface area contributed by atoms with Crippen LogP contribution in [0, 0.1) is 5.92 Å². The van der Waals surface area contributed by atoms with E-state index in [4.69, 9.17) is 16.7 Å². The Balaban J connectivity index is 1.62. The van der Waals surface area contributed by atoms with Crippen molar-refractivity contribution in [3.63, 3.8) is 0 Å². The van der Waals surface area contributed by atoms with E-state index in [0.29, 0.717) is 23.2 Å². The number of aliphatic hydroxyl groups is 1. The molecular weight excluding hydrogens is 340 g/mol. The van der Waals surface area contributed by atoms with E-state index in [-0.39, 0.29) is 12.5 Å². The van der Waals surface area contributed by atoms with Crippen molar-refractivity contribution < 1.29 is 9.90 Å². The van der Waals surface area contributed by atoms with Crippen LogP contribution in [0.1, 0.15) is 41.7 Å². The van der Waals surface area contributed by atoms with Gasteiger partial charge in [-0.25, -0.2) is 4.68 Å². The molecule has 1 saturated heterocycles. The number of aromatic nitrogens is 3. The van der Waals surface area contributed by atoms with Gasteiger partial charge < -0.3 is 10.0 Å². The van der Waals surface area contributed by atoms with Crippen molar-refractivity contribution in [2.24, 2.45) is 5.92 Å². The Labute approximate surface area is 152 Å². The van der Waals surface area contributed by atoms with Gasteiger partial charge in [0.2, 0.25) is 0 Å². The lowest BCUT2D eigenvalue weighted by atomic mass is 9.93. The van der Waals surface area contributed by atoms with Crippen molar-refractivity contribution in [3.05, 3.63) is 46.7 Å². The minimum atomic E-state index is -0.0638. The number of carbonyl (C=O) groups excluding carboxylic acids is 1. The third kappa shape index (κ3) is 4.80. The highest BCUT2D eigenvalue weighted by Crippen LogP contribution is 2.22. The zero-order valence-corrected chi connectivity index (χ0v) is 14.9. The molecule has 1 aliphatic rings. The SMILES string of the molecule is O=C(c1cn(Cc2cccc(Cl)c2)nn1)N1CCC[C@@H](CCCO)C1. The molecule has 0 unspecified atom stereocenters. The summed E-state index contributed by atoms with van der Waals surface area (Å²) in [7, 11) is 0. The maximum absolute atomic E-state index is 12.7. The van der Waals surface area contributed by atoms with Crippen LogP contribution in [0.15, 0.2) is 30.5 Å². The molecule has 0 bridgehead atoms. The molecule has 2 aromatic rings. The summed E-state index contributed by atoms with van der Waals surface area (Å²) in [6.45, 7) is 2.23. The average molecular weight is 363 g/mol. The highest BCUT2D eigenvalue weighted by Gasteiger charge is 2.25. The van der Waals surface area contributed by atoms with Crippen molar-refractivity contribution in [2.75, 3.05) is 19.7 Å². The number of piperidine rings is 1. The first kappa shape index (κ1) is 17.9. The normalized spacial score (nSPS) is 17.7. The van der Waals surface area contributed by atoms with Gasteiger partial charge in [-0.1, -0.05) is 28.9 Å². The average Bonchev–Trinajstić information content (AvgIpc) is 3.08. The predicted octanol–water partition coefficient (Wildman–Crippen LogP) is 2.60. The first-order chi connectivity index (χ1) is 12.2. The lowest BCUT2D eigenvalue weighted by molar-refractivity contribution is 0.0657. The zero-order valence-electron chi connectivity index (χ0n) is 14.1. The maximum atomic E-state index is 12.7. The summed E-state index contributed by atoms with van der Waals surface area (Å²) in [5, 5.41) is 17.8. The molecule has 2 heterocycles. The molecule has 0 saturated carbocycles. The molecule has 1 N–H and O–H groups in total. The summed E-state index contributed by atoms with van der Waals surface area (Å²) >= 11 is 6.00. The van der Waals surface area contributed by atoms with Gasteiger partial charge in [0.1, 0.15) is 0 Å². The van der Waals surface area contributed by atoms with Crippen LogP contribution in [-0.2, 0) is 6.54 Å². The van der Waals surface area contributed by atoms with Gasteiger partial charge in [-0.15, -0.1) is 5.10 Å². The van der Waals surface area contributed by atoms with E-state index < -0.39 is 0 Å². The highest BCUT2D eigenvalue weighted by atomic mass is 35.5. The maximum Gasteiger partial charge on any atom is 0.276 e. The molecule has 1 aromatic carbocycles. The quantitative estimate of drug-likeness (QED) is 0.857. The van der Waals surface area contributed by atoms with E-state index in [1.807, 2.05) is 29.2 Å². The third-order valence-corrected chi connectivity index (χ3v) is 4.80. The Morgan fingerprint density at radius 2 is 2.28 bits per heavy atom. The molecule has 1 atom stereocenters. The van der Waals surface area contributed by atoms with E-state index >= 15 is 0 Å². The summed E-state index contributed by atoms with van der Waals surface area (Å²) < 4.78 is 1.66. The molecule has 1 fully saturated rings. The molecule has 1 amide bonds. The minimum Gasteiger partial charge on any atom is -0.396 e. The summed E-state index contributed by atoms with van der Waals surface area (Å²) in [6, 6.07) is 7.55. The van der Waals surface area contributed by atoms with Crippen LogP contribution in [0.3, 0.4) is 0 Å². The second-order valence-corrected chi connectivity index (χ2v) is 6.99. The smallest absolute Gasteiger partial charge is 0.276 e.